The highest BCUT2D eigenvalue weighted by Gasteiger charge is 1.98. The van der Waals surface area contributed by atoms with Crippen molar-refractivity contribution in [3.63, 3.8) is 0 Å². The molecule has 1 N–H and O–H groups in total. The molecular formula is C8H12FNO2S. The van der Waals surface area contributed by atoms with Crippen molar-refractivity contribution in [2.45, 2.75) is 0 Å². The summed E-state index contributed by atoms with van der Waals surface area (Å²) in [5.41, 5.74) is 0.593. The Morgan fingerprint density at radius 2 is 1.62 bits per heavy atom. The Kier molecular flexibility index (Phi) is 5.06. The highest BCUT2D eigenvalue weighted by molar-refractivity contribution is 7.92. The maximum absolute atomic E-state index is 10.7. The lowest BCUT2D eigenvalue weighted by Crippen LogP contribution is -2.08. The molecule has 0 aliphatic carbocycles. The van der Waals surface area contributed by atoms with Crippen LogP contribution in [0.2, 0.25) is 0 Å². The summed E-state index contributed by atoms with van der Waals surface area (Å²) in [5, 5.41) is 0. The molecule has 0 saturated heterocycles. The van der Waals surface area contributed by atoms with Gasteiger partial charge in [0.05, 0.1) is 13.4 Å². The van der Waals surface area contributed by atoms with Gasteiger partial charge in [0.25, 0.3) is 0 Å². The number of benzene rings is 1. The van der Waals surface area contributed by atoms with Gasteiger partial charge in [0, 0.05) is 5.69 Å². The minimum absolute atomic E-state index is 0.500. The number of para-hydroxylation sites is 1. The van der Waals surface area contributed by atoms with Crippen molar-refractivity contribution >= 4 is 15.7 Å². The van der Waals surface area contributed by atoms with Gasteiger partial charge in [-0.15, -0.1) is 0 Å². The molecule has 0 fully saturated rings. The molecule has 1 rings (SSSR count). The number of alkyl halides is 1. The van der Waals surface area contributed by atoms with Gasteiger partial charge >= 0.3 is 0 Å². The first kappa shape index (κ1) is 11.9. The lowest BCUT2D eigenvalue weighted by Gasteiger charge is -2.00. The first-order valence-electron chi connectivity index (χ1n) is 3.48. The molecule has 0 saturated carbocycles. The highest BCUT2D eigenvalue weighted by atomic mass is 32.2. The number of rotatable bonds is 2. The Balaban J connectivity index is 0.000000671. The van der Waals surface area contributed by atoms with Gasteiger partial charge in [0.2, 0.25) is 10.0 Å². The van der Waals surface area contributed by atoms with Crippen LogP contribution in [-0.2, 0) is 10.0 Å². The first-order valence-corrected chi connectivity index (χ1v) is 5.38. The number of hydrogen-bond acceptors (Lipinski definition) is 2. The van der Waals surface area contributed by atoms with Crippen LogP contribution in [0.4, 0.5) is 10.1 Å². The molecule has 0 aliphatic rings. The van der Waals surface area contributed by atoms with E-state index in [1.807, 2.05) is 6.07 Å². The average Bonchev–Trinajstić information content (AvgIpc) is 2.07. The maximum atomic E-state index is 10.7. The van der Waals surface area contributed by atoms with Crippen LogP contribution in [0.25, 0.3) is 0 Å². The smallest absolute Gasteiger partial charge is 0.229 e. The third-order valence-electron chi connectivity index (χ3n) is 1.08. The molecule has 74 valence electrons. The molecular weight excluding hydrogens is 193 g/mol. The minimum Gasteiger partial charge on any atom is -0.284 e. The van der Waals surface area contributed by atoms with Crippen LogP contribution in [0.3, 0.4) is 0 Å². The van der Waals surface area contributed by atoms with E-state index in [4.69, 9.17) is 0 Å². The molecule has 0 radical (unpaired) electrons. The van der Waals surface area contributed by atoms with Crippen LogP contribution in [0, 0.1) is 0 Å². The van der Waals surface area contributed by atoms with Gasteiger partial charge in [-0.05, 0) is 12.1 Å². The Morgan fingerprint density at radius 3 is 2.00 bits per heavy atom. The third-order valence-corrected chi connectivity index (χ3v) is 1.68. The van der Waals surface area contributed by atoms with Crippen molar-refractivity contribution in [3.05, 3.63) is 30.3 Å². The zero-order valence-corrected chi connectivity index (χ0v) is 8.31. The summed E-state index contributed by atoms with van der Waals surface area (Å²) in [7, 11) is -2.63. The predicted octanol–water partition coefficient (Wildman–Crippen LogP) is 1.64. The second-order valence-corrected chi connectivity index (χ2v) is 3.99. The molecule has 0 heterocycles. The quantitative estimate of drug-likeness (QED) is 0.797. The second kappa shape index (κ2) is 5.53. The van der Waals surface area contributed by atoms with E-state index in [-0.39, 0.29) is 0 Å². The Bertz CT molecular complexity index is 323. The largest absolute Gasteiger partial charge is 0.284 e. The number of anilines is 1. The van der Waals surface area contributed by atoms with Gasteiger partial charge in [0.1, 0.15) is 0 Å². The molecule has 3 nitrogen and oxygen atoms in total. The van der Waals surface area contributed by atoms with E-state index in [0.717, 1.165) is 6.26 Å². The van der Waals surface area contributed by atoms with Gasteiger partial charge < -0.3 is 0 Å². The van der Waals surface area contributed by atoms with Gasteiger partial charge in [-0.2, -0.15) is 0 Å². The van der Waals surface area contributed by atoms with Crippen molar-refractivity contribution in [3.8, 4) is 0 Å². The fourth-order valence-corrected chi connectivity index (χ4v) is 1.28. The summed E-state index contributed by atoms with van der Waals surface area (Å²) in [4.78, 5) is 0. The van der Waals surface area contributed by atoms with Crippen LogP contribution < -0.4 is 4.72 Å². The van der Waals surface area contributed by atoms with Crippen LogP contribution in [0.1, 0.15) is 0 Å². The molecule has 1 aromatic carbocycles. The normalized spacial score (nSPS) is 9.77. The monoisotopic (exact) mass is 205 g/mol. The molecule has 5 heteroatoms. The van der Waals surface area contributed by atoms with Crippen LogP contribution in [-0.4, -0.2) is 21.9 Å². The van der Waals surface area contributed by atoms with Gasteiger partial charge in [-0.25, -0.2) is 8.42 Å². The summed E-state index contributed by atoms with van der Waals surface area (Å²) in [6, 6.07) is 8.76. The zero-order chi connectivity index (χ0) is 10.3. The van der Waals surface area contributed by atoms with Crippen molar-refractivity contribution in [2.24, 2.45) is 0 Å². The minimum atomic E-state index is -3.13. The summed E-state index contributed by atoms with van der Waals surface area (Å²) >= 11 is 0. The fraction of sp³-hybridized carbons (Fsp3) is 0.250. The number of halogens is 1. The number of nitrogens with one attached hydrogen (secondary N) is 1. The summed E-state index contributed by atoms with van der Waals surface area (Å²) in [6.45, 7) is 0. The fourth-order valence-electron chi connectivity index (χ4n) is 0.720. The van der Waals surface area contributed by atoms with Gasteiger partial charge in [0.15, 0.2) is 0 Å². The van der Waals surface area contributed by atoms with E-state index in [1.165, 1.54) is 0 Å². The molecule has 1 aromatic rings. The van der Waals surface area contributed by atoms with E-state index < -0.39 is 10.0 Å². The Labute approximate surface area is 77.6 Å². The molecule has 0 spiro atoms. The lowest BCUT2D eigenvalue weighted by atomic mass is 10.3. The van der Waals surface area contributed by atoms with Crippen LogP contribution in [0.15, 0.2) is 30.3 Å². The highest BCUT2D eigenvalue weighted by Crippen LogP contribution is 2.05. The van der Waals surface area contributed by atoms with E-state index in [0.29, 0.717) is 12.9 Å². The second-order valence-electron chi connectivity index (χ2n) is 2.24. The van der Waals surface area contributed by atoms with E-state index in [2.05, 4.69) is 4.72 Å². The molecule has 0 amide bonds. The SMILES string of the molecule is CF.CS(=O)(=O)Nc1ccccc1. The molecule has 0 bridgehead atoms. The number of hydrogen-bond donors (Lipinski definition) is 1. The summed E-state index contributed by atoms with van der Waals surface area (Å²) in [6.07, 6.45) is 1.12. The van der Waals surface area contributed by atoms with Crippen LogP contribution in [0.5, 0.6) is 0 Å². The summed E-state index contributed by atoms with van der Waals surface area (Å²) in [5.74, 6) is 0. The maximum Gasteiger partial charge on any atom is 0.229 e. The summed E-state index contributed by atoms with van der Waals surface area (Å²) < 4.78 is 33.2. The molecule has 0 aliphatic heterocycles. The van der Waals surface area contributed by atoms with Crippen molar-refractivity contribution in [1.82, 2.24) is 0 Å². The lowest BCUT2D eigenvalue weighted by molar-refractivity contribution is 0.607. The predicted molar refractivity (Wildman–Crippen MR) is 51.9 cm³/mol. The molecule has 13 heavy (non-hydrogen) atoms. The molecule has 0 unspecified atom stereocenters. The Hall–Kier alpha value is -1.10. The standard InChI is InChI=1S/C7H9NO2S.CH3F/c1-11(9,10)8-7-5-3-2-4-6-7;1-2/h2-6,8H,1H3;1H3. The zero-order valence-electron chi connectivity index (χ0n) is 7.49. The van der Waals surface area contributed by atoms with Gasteiger partial charge in [-0.1, -0.05) is 18.2 Å². The molecule has 0 atom stereocenters. The van der Waals surface area contributed by atoms with E-state index in [9.17, 15) is 12.8 Å². The van der Waals surface area contributed by atoms with Gasteiger partial charge in [-0.3, -0.25) is 9.11 Å². The van der Waals surface area contributed by atoms with E-state index in [1.54, 1.807) is 24.3 Å². The first-order chi connectivity index (χ1) is 6.08. The van der Waals surface area contributed by atoms with E-state index >= 15 is 0 Å². The third kappa shape index (κ3) is 6.10. The van der Waals surface area contributed by atoms with Crippen LogP contribution >= 0.6 is 0 Å². The van der Waals surface area contributed by atoms with Crippen molar-refractivity contribution < 1.29 is 12.8 Å². The number of sulfonamides is 1. The Morgan fingerprint density at radius 1 is 1.15 bits per heavy atom. The molecule has 0 aromatic heterocycles. The topological polar surface area (TPSA) is 46.2 Å². The van der Waals surface area contributed by atoms with Crippen molar-refractivity contribution in [1.29, 1.82) is 0 Å². The average molecular weight is 205 g/mol. The van der Waals surface area contributed by atoms with Crippen molar-refractivity contribution in [2.75, 3.05) is 18.2 Å².